The van der Waals surface area contributed by atoms with Crippen molar-refractivity contribution in [3.63, 3.8) is 0 Å². The highest BCUT2D eigenvalue weighted by Gasteiger charge is 2.17. The molecule has 84 valence electrons. The van der Waals surface area contributed by atoms with E-state index in [0.717, 1.165) is 11.1 Å². The molecule has 0 amide bonds. The van der Waals surface area contributed by atoms with Gasteiger partial charge in [0.15, 0.2) is 0 Å². The molecule has 0 radical (unpaired) electrons. The number of benzene rings is 1. The van der Waals surface area contributed by atoms with Gasteiger partial charge < -0.3 is 15.9 Å². The second-order valence-electron chi connectivity index (χ2n) is 3.66. The summed E-state index contributed by atoms with van der Waals surface area (Å²) < 4.78 is 0. The SMILES string of the molecule is Cc1cc(O)c(C(O)CCN)c(C)c1Cl. The van der Waals surface area contributed by atoms with Crippen molar-refractivity contribution < 1.29 is 10.2 Å². The molecule has 1 aromatic rings. The fourth-order valence-corrected chi connectivity index (χ4v) is 1.83. The summed E-state index contributed by atoms with van der Waals surface area (Å²) in [5, 5.41) is 20.1. The Bertz CT molecular complexity index is 366. The molecular formula is C11H16ClNO2. The zero-order valence-electron chi connectivity index (χ0n) is 8.92. The Labute approximate surface area is 94.5 Å². The van der Waals surface area contributed by atoms with Crippen molar-refractivity contribution in [1.82, 2.24) is 0 Å². The molecule has 1 aromatic carbocycles. The maximum Gasteiger partial charge on any atom is 0.122 e. The van der Waals surface area contributed by atoms with Crippen LogP contribution in [0.15, 0.2) is 6.07 Å². The van der Waals surface area contributed by atoms with E-state index < -0.39 is 6.10 Å². The number of nitrogens with two attached hydrogens (primary N) is 1. The minimum atomic E-state index is -0.756. The van der Waals surface area contributed by atoms with Crippen molar-refractivity contribution in [2.75, 3.05) is 6.54 Å². The average Bonchev–Trinajstić information content (AvgIpc) is 2.15. The summed E-state index contributed by atoms with van der Waals surface area (Å²) in [4.78, 5) is 0. The van der Waals surface area contributed by atoms with Crippen LogP contribution in [0.5, 0.6) is 5.75 Å². The Balaban J connectivity index is 3.23. The topological polar surface area (TPSA) is 66.5 Å². The van der Waals surface area contributed by atoms with Crippen LogP contribution in [0.2, 0.25) is 5.02 Å². The lowest BCUT2D eigenvalue weighted by Gasteiger charge is -2.17. The standard InChI is InChI=1S/C11H16ClNO2/c1-6-5-9(15)10(7(2)11(6)12)8(14)3-4-13/h5,8,14-15H,3-4,13H2,1-2H3. The normalized spacial score (nSPS) is 12.9. The van der Waals surface area contributed by atoms with Crippen LogP contribution in [-0.4, -0.2) is 16.8 Å². The summed E-state index contributed by atoms with van der Waals surface area (Å²) in [7, 11) is 0. The molecule has 1 unspecified atom stereocenters. The fourth-order valence-electron chi connectivity index (χ4n) is 1.68. The van der Waals surface area contributed by atoms with Gasteiger partial charge >= 0.3 is 0 Å². The van der Waals surface area contributed by atoms with Gasteiger partial charge in [0.25, 0.3) is 0 Å². The largest absolute Gasteiger partial charge is 0.508 e. The first-order valence-corrected chi connectivity index (χ1v) is 5.23. The summed E-state index contributed by atoms with van der Waals surface area (Å²) >= 11 is 6.05. The lowest BCUT2D eigenvalue weighted by Crippen LogP contribution is -2.08. The molecule has 3 nitrogen and oxygen atoms in total. The van der Waals surface area contributed by atoms with Gasteiger partial charge in [-0.3, -0.25) is 0 Å². The monoisotopic (exact) mass is 229 g/mol. The van der Waals surface area contributed by atoms with E-state index in [1.807, 2.05) is 6.92 Å². The Morgan fingerprint density at radius 2 is 2.07 bits per heavy atom. The Hall–Kier alpha value is -0.770. The van der Waals surface area contributed by atoms with Gasteiger partial charge in [-0.15, -0.1) is 0 Å². The van der Waals surface area contributed by atoms with Gasteiger partial charge in [0.1, 0.15) is 5.75 Å². The third-order valence-corrected chi connectivity index (χ3v) is 3.06. The van der Waals surface area contributed by atoms with Crippen molar-refractivity contribution >= 4 is 11.6 Å². The first kappa shape index (κ1) is 12.3. The van der Waals surface area contributed by atoms with Crippen molar-refractivity contribution in [2.45, 2.75) is 26.4 Å². The molecule has 0 aromatic heterocycles. The van der Waals surface area contributed by atoms with Gasteiger partial charge in [-0.25, -0.2) is 0 Å². The maximum absolute atomic E-state index is 9.80. The molecule has 0 aliphatic rings. The van der Waals surface area contributed by atoms with Gasteiger partial charge in [0.05, 0.1) is 6.10 Å². The van der Waals surface area contributed by atoms with Gasteiger partial charge in [-0.05, 0) is 44.0 Å². The molecule has 0 saturated heterocycles. The smallest absolute Gasteiger partial charge is 0.122 e. The van der Waals surface area contributed by atoms with Gasteiger partial charge in [0.2, 0.25) is 0 Å². The number of aryl methyl sites for hydroxylation is 1. The van der Waals surface area contributed by atoms with Crippen LogP contribution in [0.1, 0.15) is 29.2 Å². The number of halogens is 1. The number of phenols is 1. The minimum absolute atomic E-state index is 0.0790. The third-order valence-electron chi connectivity index (χ3n) is 2.48. The van der Waals surface area contributed by atoms with E-state index in [0.29, 0.717) is 23.6 Å². The number of aliphatic hydroxyl groups excluding tert-OH is 1. The molecule has 15 heavy (non-hydrogen) atoms. The van der Waals surface area contributed by atoms with E-state index in [-0.39, 0.29) is 5.75 Å². The number of aromatic hydroxyl groups is 1. The van der Waals surface area contributed by atoms with Crippen molar-refractivity contribution in [1.29, 1.82) is 0 Å². The summed E-state index contributed by atoms with van der Waals surface area (Å²) in [6.07, 6.45) is -0.346. The van der Waals surface area contributed by atoms with Crippen LogP contribution in [0.4, 0.5) is 0 Å². The molecule has 0 aliphatic carbocycles. The molecule has 1 atom stereocenters. The van der Waals surface area contributed by atoms with Crippen LogP contribution >= 0.6 is 11.6 Å². The zero-order chi connectivity index (χ0) is 11.6. The van der Waals surface area contributed by atoms with E-state index in [1.165, 1.54) is 0 Å². The highest BCUT2D eigenvalue weighted by molar-refractivity contribution is 6.32. The van der Waals surface area contributed by atoms with Crippen LogP contribution in [-0.2, 0) is 0 Å². The molecule has 4 N–H and O–H groups in total. The van der Waals surface area contributed by atoms with E-state index in [9.17, 15) is 10.2 Å². The molecule has 0 saturated carbocycles. The summed E-state index contributed by atoms with van der Waals surface area (Å²) in [6.45, 7) is 3.96. The van der Waals surface area contributed by atoms with Gasteiger partial charge in [-0.1, -0.05) is 11.6 Å². The van der Waals surface area contributed by atoms with Gasteiger partial charge in [-0.2, -0.15) is 0 Å². The van der Waals surface area contributed by atoms with E-state index in [4.69, 9.17) is 17.3 Å². The maximum atomic E-state index is 9.80. The second-order valence-corrected chi connectivity index (χ2v) is 4.04. The third kappa shape index (κ3) is 2.43. The van der Waals surface area contributed by atoms with E-state index in [2.05, 4.69) is 0 Å². The van der Waals surface area contributed by atoms with E-state index in [1.54, 1.807) is 13.0 Å². The molecule has 4 heteroatoms. The molecule has 0 aliphatic heterocycles. The lowest BCUT2D eigenvalue weighted by molar-refractivity contribution is 0.166. The first-order chi connectivity index (χ1) is 6.99. The lowest BCUT2D eigenvalue weighted by atomic mass is 9.98. The van der Waals surface area contributed by atoms with Crippen LogP contribution in [0.25, 0.3) is 0 Å². The predicted octanol–water partition coefficient (Wildman–Crippen LogP) is 2.04. The molecule has 0 spiro atoms. The number of hydrogen-bond acceptors (Lipinski definition) is 3. The van der Waals surface area contributed by atoms with Crippen LogP contribution in [0, 0.1) is 13.8 Å². The second kappa shape index (κ2) is 4.84. The molecular weight excluding hydrogens is 214 g/mol. The number of hydrogen-bond donors (Lipinski definition) is 3. The number of aliphatic hydroxyl groups is 1. The zero-order valence-corrected chi connectivity index (χ0v) is 9.67. The molecule has 0 fully saturated rings. The highest BCUT2D eigenvalue weighted by atomic mass is 35.5. The van der Waals surface area contributed by atoms with Crippen molar-refractivity contribution in [3.8, 4) is 5.75 Å². The number of rotatable bonds is 3. The average molecular weight is 230 g/mol. The van der Waals surface area contributed by atoms with Gasteiger partial charge in [0, 0.05) is 10.6 Å². The fraction of sp³-hybridized carbons (Fsp3) is 0.455. The van der Waals surface area contributed by atoms with Crippen LogP contribution < -0.4 is 5.73 Å². The Morgan fingerprint density at radius 3 is 2.60 bits per heavy atom. The van der Waals surface area contributed by atoms with Crippen molar-refractivity contribution in [2.24, 2.45) is 5.73 Å². The molecule has 0 heterocycles. The quantitative estimate of drug-likeness (QED) is 0.743. The minimum Gasteiger partial charge on any atom is -0.508 e. The summed E-state index contributed by atoms with van der Waals surface area (Å²) in [5.41, 5.74) is 7.36. The summed E-state index contributed by atoms with van der Waals surface area (Å²) in [6, 6.07) is 1.56. The highest BCUT2D eigenvalue weighted by Crippen LogP contribution is 2.35. The van der Waals surface area contributed by atoms with E-state index >= 15 is 0 Å². The Morgan fingerprint density at radius 1 is 1.47 bits per heavy atom. The number of phenolic OH excluding ortho intramolecular Hbond substituents is 1. The summed E-state index contributed by atoms with van der Waals surface area (Å²) in [5.74, 6) is 0.0790. The van der Waals surface area contributed by atoms with Crippen LogP contribution in [0.3, 0.4) is 0 Å². The predicted molar refractivity (Wildman–Crippen MR) is 61.2 cm³/mol. The first-order valence-electron chi connectivity index (χ1n) is 4.85. The Kier molecular flexibility index (Phi) is 3.97. The van der Waals surface area contributed by atoms with Crippen molar-refractivity contribution in [3.05, 3.63) is 27.8 Å². The molecule has 1 rings (SSSR count). The molecule has 0 bridgehead atoms.